The molecule has 1 atom stereocenters. The van der Waals surface area contributed by atoms with Crippen LogP contribution in [-0.2, 0) is 13.1 Å². The molecule has 0 bridgehead atoms. The Balaban J connectivity index is 1.54. The Kier molecular flexibility index (Phi) is 7.26. The normalized spacial score (nSPS) is 15.7. The molecule has 1 aliphatic heterocycles. The van der Waals surface area contributed by atoms with Crippen molar-refractivity contribution in [2.24, 2.45) is 0 Å². The van der Waals surface area contributed by atoms with Gasteiger partial charge in [0.2, 0.25) is 5.89 Å². The number of carbonyl (C=O) groups is 1. The molecule has 6 heteroatoms. The fourth-order valence-corrected chi connectivity index (χ4v) is 4.29. The van der Waals surface area contributed by atoms with Gasteiger partial charge in [-0.05, 0) is 44.5 Å². The van der Waals surface area contributed by atoms with Crippen LogP contribution < -0.4 is 0 Å². The van der Waals surface area contributed by atoms with Gasteiger partial charge in [-0.15, -0.1) is 0 Å². The van der Waals surface area contributed by atoms with Crippen molar-refractivity contribution in [1.82, 2.24) is 19.7 Å². The molecular formula is C27H34N4O2. The minimum atomic E-state index is -0.0460. The van der Waals surface area contributed by atoms with Gasteiger partial charge < -0.3 is 14.2 Å². The number of hydrogen-bond donors (Lipinski definition) is 0. The Labute approximate surface area is 196 Å². The predicted molar refractivity (Wildman–Crippen MR) is 130 cm³/mol. The molecule has 33 heavy (non-hydrogen) atoms. The van der Waals surface area contributed by atoms with Gasteiger partial charge in [-0.25, -0.2) is 4.98 Å². The molecule has 0 aliphatic carbocycles. The summed E-state index contributed by atoms with van der Waals surface area (Å²) in [6.07, 6.45) is 1.51. The van der Waals surface area contributed by atoms with E-state index in [2.05, 4.69) is 85.1 Å². The highest BCUT2D eigenvalue weighted by Gasteiger charge is 2.25. The maximum absolute atomic E-state index is 12.9. The maximum atomic E-state index is 12.9. The van der Waals surface area contributed by atoms with Crippen molar-refractivity contribution < 1.29 is 9.21 Å². The van der Waals surface area contributed by atoms with Gasteiger partial charge in [0.05, 0.1) is 6.54 Å². The number of rotatable bonds is 7. The average Bonchev–Trinajstić information content (AvgIpc) is 3.29. The summed E-state index contributed by atoms with van der Waals surface area (Å²) in [6, 6.07) is 17.2. The molecule has 1 fully saturated rings. The van der Waals surface area contributed by atoms with Crippen molar-refractivity contribution >= 4 is 5.91 Å². The highest BCUT2D eigenvalue weighted by Crippen LogP contribution is 2.26. The summed E-state index contributed by atoms with van der Waals surface area (Å²) in [7, 11) is 2.08. The van der Waals surface area contributed by atoms with Crippen molar-refractivity contribution in [1.29, 1.82) is 0 Å². The standard InChI is InChI=1S/C27H34N4O2/c1-20-10-11-21(2)24(16-20)17-31(22(3)23-8-6-5-7-9-23)18-26-28-25(19-33-26)27(32)30-14-12-29(4)13-15-30/h5-11,16,19,22H,12-15,17-18H2,1-4H3/t22-/m1/s1. The molecule has 0 N–H and O–H groups in total. The first-order valence-corrected chi connectivity index (χ1v) is 11.7. The Morgan fingerprint density at radius 3 is 2.52 bits per heavy atom. The zero-order valence-corrected chi connectivity index (χ0v) is 20.1. The van der Waals surface area contributed by atoms with E-state index in [-0.39, 0.29) is 11.9 Å². The molecule has 1 aliphatic rings. The summed E-state index contributed by atoms with van der Waals surface area (Å²) >= 11 is 0. The average molecular weight is 447 g/mol. The first kappa shape index (κ1) is 23.2. The summed E-state index contributed by atoms with van der Waals surface area (Å²) in [6.45, 7) is 11.0. The number of aromatic nitrogens is 1. The summed E-state index contributed by atoms with van der Waals surface area (Å²) in [5.41, 5.74) is 5.44. The van der Waals surface area contributed by atoms with Gasteiger partial charge in [0, 0.05) is 38.8 Å². The van der Waals surface area contributed by atoms with E-state index in [9.17, 15) is 4.79 Å². The molecule has 1 aromatic heterocycles. The first-order valence-electron chi connectivity index (χ1n) is 11.7. The van der Waals surface area contributed by atoms with E-state index in [1.165, 1.54) is 28.5 Å². The molecular weight excluding hydrogens is 412 g/mol. The molecule has 0 saturated carbocycles. The van der Waals surface area contributed by atoms with Crippen LogP contribution in [-0.4, -0.2) is 58.8 Å². The van der Waals surface area contributed by atoms with Crippen molar-refractivity contribution in [2.75, 3.05) is 33.2 Å². The zero-order chi connectivity index (χ0) is 23.4. The van der Waals surface area contributed by atoms with Crippen LogP contribution >= 0.6 is 0 Å². The van der Waals surface area contributed by atoms with E-state index in [0.717, 1.165) is 32.7 Å². The highest BCUT2D eigenvalue weighted by atomic mass is 16.3. The van der Waals surface area contributed by atoms with Crippen LogP contribution in [0.4, 0.5) is 0 Å². The molecule has 1 saturated heterocycles. The molecule has 0 radical (unpaired) electrons. The van der Waals surface area contributed by atoms with E-state index in [1.54, 1.807) is 0 Å². The molecule has 2 aromatic carbocycles. The second-order valence-electron chi connectivity index (χ2n) is 9.14. The first-order chi connectivity index (χ1) is 15.9. The molecule has 1 amide bonds. The predicted octanol–water partition coefficient (Wildman–Crippen LogP) is 4.44. The largest absolute Gasteiger partial charge is 0.447 e. The molecule has 6 nitrogen and oxygen atoms in total. The molecule has 0 spiro atoms. The third kappa shape index (κ3) is 5.70. The van der Waals surface area contributed by atoms with Gasteiger partial charge >= 0.3 is 0 Å². The lowest BCUT2D eigenvalue weighted by molar-refractivity contribution is 0.0658. The summed E-state index contributed by atoms with van der Waals surface area (Å²) in [4.78, 5) is 23.9. The van der Waals surface area contributed by atoms with Crippen LogP contribution in [0.15, 0.2) is 59.2 Å². The summed E-state index contributed by atoms with van der Waals surface area (Å²) in [5.74, 6) is 0.524. The Morgan fingerprint density at radius 1 is 1.06 bits per heavy atom. The van der Waals surface area contributed by atoms with E-state index < -0.39 is 0 Å². The zero-order valence-electron chi connectivity index (χ0n) is 20.1. The Morgan fingerprint density at radius 2 is 1.79 bits per heavy atom. The molecule has 174 valence electrons. The number of amides is 1. The number of benzene rings is 2. The van der Waals surface area contributed by atoms with Crippen LogP contribution in [0.2, 0.25) is 0 Å². The lowest BCUT2D eigenvalue weighted by Crippen LogP contribution is -2.47. The number of aryl methyl sites for hydroxylation is 2. The number of carbonyl (C=O) groups excluding carboxylic acids is 1. The van der Waals surface area contributed by atoms with Crippen molar-refractivity contribution in [3.63, 3.8) is 0 Å². The van der Waals surface area contributed by atoms with E-state index in [4.69, 9.17) is 4.42 Å². The lowest BCUT2D eigenvalue weighted by Gasteiger charge is -2.31. The molecule has 4 rings (SSSR count). The highest BCUT2D eigenvalue weighted by molar-refractivity contribution is 5.92. The van der Waals surface area contributed by atoms with Gasteiger partial charge in [-0.3, -0.25) is 9.69 Å². The third-order valence-corrected chi connectivity index (χ3v) is 6.61. The topological polar surface area (TPSA) is 52.8 Å². The van der Waals surface area contributed by atoms with E-state index >= 15 is 0 Å². The number of oxazole rings is 1. The second kappa shape index (κ2) is 10.3. The quantitative estimate of drug-likeness (QED) is 0.537. The van der Waals surface area contributed by atoms with Crippen LogP contribution in [0, 0.1) is 13.8 Å². The van der Waals surface area contributed by atoms with Crippen LogP contribution in [0.5, 0.6) is 0 Å². The molecule has 0 unspecified atom stereocenters. The van der Waals surface area contributed by atoms with Gasteiger partial charge in [-0.1, -0.05) is 54.1 Å². The minimum absolute atomic E-state index is 0.0460. The number of likely N-dealkylation sites (N-methyl/N-ethyl adjacent to an activating group) is 1. The molecule has 2 heterocycles. The third-order valence-electron chi connectivity index (χ3n) is 6.61. The smallest absolute Gasteiger partial charge is 0.275 e. The Bertz CT molecular complexity index is 1070. The minimum Gasteiger partial charge on any atom is -0.447 e. The van der Waals surface area contributed by atoms with Crippen molar-refractivity contribution in [2.45, 2.75) is 39.9 Å². The maximum Gasteiger partial charge on any atom is 0.275 e. The summed E-state index contributed by atoms with van der Waals surface area (Å²) in [5, 5.41) is 0. The second-order valence-corrected chi connectivity index (χ2v) is 9.14. The van der Waals surface area contributed by atoms with E-state index in [1.807, 2.05) is 11.0 Å². The van der Waals surface area contributed by atoms with Gasteiger partial charge in [0.1, 0.15) is 6.26 Å². The van der Waals surface area contributed by atoms with Crippen molar-refractivity contribution in [3.8, 4) is 0 Å². The lowest BCUT2D eigenvalue weighted by atomic mass is 10.0. The van der Waals surface area contributed by atoms with Crippen LogP contribution in [0.1, 0.15) is 51.6 Å². The SMILES string of the molecule is Cc1ccc(C)c(CN(Cc2nc(C(=O)N3CCN(C)CC3)co2)[C@H](C)c2ccccc2)c1. The number of hydrogen-bond acceptors (Lipinski definition) is 5. The van der Waals surface area contributed by atoms with E-state index in [0.29, 0.717) is 18.1 Å². The Hall–Kier alpha value is -2.96. The van der Waals surface area contributed by atoms with Crippen LogP contribution in [0.3, 0.4) is 0 Å². The van der Waals surface area contributed by atoms with Gasteiger partial charge in [0.25, 0.3) is 5.91 Å². The fourth-order valence-electron chi connectivity index (χ4n) is 4.29. The van der Waals surface area contributed by atoms with Crippen molar-refractivity contribution in [3.05, 3.63) is 88.6 Å². The summed E-state index contributed by atoms with van der Waals surface area (Å²) < 4.78 is 5.80. The number of piperazine rings is 1. The molecule has 3 aromatic rings. The van der Waals surface area contributed by atoms with Gasteiger partial charge in [0.15, 0.2) is 5.69 Å². The fraction of sp³-hybridized carbons (Fsp3) is 0.407. The number of nitrogens with zero attached hydrogens (tertiary/aromatic N) is 4. The monoisotopic (exact) mass is 446 g/mol. The van der Waals surface area contributed by atoms with Crippen LogP contribution in [0.25, 0.3) is 0 Å². The van der Waals surface area contributed by atoms with Gasteiger partial charge in [-0.2, -0.15) is 0 Å².